The molecule has 0 amide bonds. The molecule has 4 heteroatoms. The standard InChI is InChI=1S/C8H14O3S/c1-2-5-11-8(10)4-3-6-12-7-9/h7H,2-6H2,1H3. The van der Waals surface area contributed by atoms with E-state index >= 15 is 0 Å². The Morgan fingerprint density at radius 2 is 2.33 bits per heavy atom. The lowest BCUT2D eigenvalue weighted by molar-refractivity contribution is -0.143. The maximum absolute atomic E-state index is 10.8. The van der Waals surface area contributed by atoms with Crippen molar-refractivity contribution in [1.29, 1.82) is 0 Å². The minimum Gasteiger partial charge on any atom is -0.466 e. The molecule has 0 aromatic carbocycles. The number of esters is 1. The Kier molecular flexibility index (Phi) is 8.22. The van der Waals surface area contributed by atoms with Gasteiger partial charge in [0.25, 0.3) is 0 Å². The van der Waals surface area contributed by atoms with E-state index in [-0.39, 0.29) is 5.97 Å². The quantitative estimate of drug-likeness (QED) is 0.348. The van der Waals surface area contributed by atoms with Crippen molar-refractivity contribution in [2.24, 2.45) is 0 Å². The highest BCUT2D eigenvalue weighted by Gasteiger charge is 2.00. The molecule has 70 valence electrons. The van der Waals surface area contributed by atoms with Gasteiger partial charge in [0.15, 0.2) is 5.62 Å². The number of carbonyl (C=O) groups excluding carboxylic acids is 2. The summed E-state index contributed by atoms with van der Waals surface area (Å²) in [6.45, 7) is 2.45. The zero-order chi connectivity index (χ0) is 9.23. The van der Waals surface area contributed by atoms with E-state index in [2.05, 4.69) is 0 Å². The van der Waals surface area contributed by atoms with Crippen LogP contribution < -0.4 is 0 Å². The molecule has 0 bridgehead atoms. The van der Waals surface area contributed by atoms with Gasteiger partial charge in [0.05, 0.1) is 6.61 Å². The zero-order valence-corrected chi connectivity index (χ0v) is 8.06. The second-order valence-electron chi connectivity index (χ2n) is 2.29. The first-order valence-electron chi connectivity index (χ1n) is 4.02. The Morgan fingerprint density at radius 3 is 2.92 bits per heavy atom. The first kappa shape index (κ1) is 11.5. The van der Waals surface area contributed by atoms with Gasteiger partial charge in [-0.2, -0.15) is 0 Å². The summed E-state index contributed by atoms with van der Waals surface area (Å²) in [7, 11) is 0. The Labute approximate surface area is 76.9 Å². The van der Waals surface area contributed by atoms with Crippen LogP contribution in [0.3, 0.4) is 0 Å². The van der Waals surface area contributed by atoms with Gasteiger partial charge in [-0.05, 0) is 12.8 Å². The lowest BCUT2D eigenvalue weighted by Crippen LogP contribution is -2.05. The van der Waals surface area contributed by atoms with Crippen molar-refractivity contribution in [3.05, 3.63) is 0 Å². The normalized spacial score (nSPS) is 9.42. The Balaban J connectivity index is 3.13. The molecule has 0 spiro atoms. The molecule has 12 heavy (non-hydrogen) atoms. The van der Waals surface area contributed by atoms with Gasteiger partial charge in [0.1, 0.15) is 0 Å². The van der Waals surface area contributed by atoms with Crippen LogP contribution in [0.5, 0.6) is 0 Å². The van der Waals surface area contributed by atoms with Gasteiger partial charge >= 0.3 is 5.97 Å². The van der Waals surface area contributed by atoms with Crippen LogP contribution in [0.1, 0.15) is 26.2 Å². The second kappa shape index (κ2) is 8.59. The van der Waals surface area contributed by atoms with E-state index < -0.39 is 0 Å². The van der Waals surface area contributed by atoms with Crippen LogP contribution in [-0.2, 0) is 14.3 Å². The summed E-state index contributed by atoms with van der Waals surface area (Å²) in [5, 5.41) is 0. The summed E-state index contributed by atoms with van der Waals surface area (Å²) in [6.07, 6.45) is 1.99. The van der Waals surface area contributed by atoms with E-state index in [0.717, 1.165) is 12.0 Å². The summed E-state index contributed by atoms with van der Waals surface area (Å²) in [5.74, 6) is 0.536. The number of ether oxygens (including phenoxy) is 1. The molecule has 0 aliphatic rings. The molecule has 0 heterocycles. The summed E-state index contributed by atoms with van der Waals surface area (Å²) >= 11 is 1.19. The van der Waals surface area contributed by atoms with Crippen LogP contribution in [0.4, 0.5) is 0 Å². The molecule has 0 radical (unpaired) electrons. The fourth-order valence-corrected chi connectivity index (χ4v) is 1.04. The number of rotatable bonds is 7. The van der Waals surface area contributed by atoms with Crippen molar-refractivity contribution in [3.63, 3.8) is 0 Å². The molecule has 0 N–H and O–H groups in total. The van der Waals surface area contributed by atoms with Gasteiger partial charge in [0, 0.05) is 12.2 Å². The van der Waals surface area contributed by atoms with Crippen molar-refractivity contribution in [1.82, 2.24) is 0 Å². The van der Waals surface area contributed by atoms with Crippen LogP contribution in [-0.4, -0.2) is 23.9 Å². The highest BCUT2D eigenvalue weighted by molar-refractivity contribution is 8.11. The average molecular weight is 190 g/mol. The summed E-state index contributed by atoms with van der Waals surface area (Å²) in [4.78, 5) is 20.7. The van der Waals surface area contributed by atoms with E-state index in [9.17, 15) is 9.59 Å². The number of hydrogen-bond acceptors (Lipinski definition) is 4. The van der Waals surface area contributed by atoms with Crippen molar-refractivity contribution in [2.75, 3.05) is 12.4 Å². The smallest absolute Gasteiger partial charge is 0.305 e. The fourth-order valence-electron chi connectivity index (χ4n) is 0.636. The molecule has 0 aliphatic heterocycles. The van der Waals surface area contributed by atoms with Crippen molar-refractivity contribution >= 4 is 23.3 Å². The molecule has 0 atom stereocenters. The number of thioether (sulfide) groups is 1. The molecule has 3 nitrogen and oxygen atoms in total. The molecule has 0 rings (SSSR count). The van der Waals surface area contributed by atoms with Gasteiger partial charge in [-0.3, -0.25) is 9.59 Å². The zero-order valence-electron chi connectivity index (χ0n) is 7.25. The molecular weight excluding hydrogens is 176 g/mol. The summed E-state index contributed by atoms with van der Waals surface area (Å²) in [5.41, 5.74) is 0.789. The summed E-state index contributed by atoms with van der Waals surface area (Å²) < 4.78 is 4.83. The second-order valence-corrected chi connectivity index (χ2v) is 3.23. The van der Waals surface area contributed by atoms with Crippen molar-refractivity contribution in [2.45, 2.75) is 26.2 Å². The monoisotopic (exact) mass is 190 g/mol. The molecule has 0 saturated carbocycles. The highest BCUT2D eigenvalue weighted by Crippen LogP contribution is 2.01. The lowest BCUT2D eigenvalue weighted by Gasteiger charge is -2.00. The third-order valence-electron chi connectivity index (χ3n) is 1.18. The van der Waals surface area contributed by atoms with Crippen LogP contribution in [0.2, 0.25) is 0 Å². The molecule has 0 aromatic heterocycles. The van der Waals surface area contributed by atoms with Gasteiger partial charge < -0.3 is 4.74 Å². The van der Waals surface area contributed by atoms with Gasteiger partial charge in [0.2, 0.25) is 0 Å². The van der Waals surface area contributed by atoms with E-state index in [1.807, 2.05) is 6.92 Å². The molecule has 0 fully saturated rings. The maximum atomic E-state index is 10.8. The minimum absolute atomic E-state index is 0.164. The van der Waals surface area contributed by atoms with Crippen LogP contribution in [0.25, 0.3) is 0 Å². The minimum atomic E-state index is -0.164. The first-order chi connectivity index (χ1) is 5.81. The molecule has 0 aromatic rings. The van der Waals surface area contributed by atoms with E-state index in [4.69, 9.17) is 4.74 Å². The number of hydrogen-bond donors (Lipinski definition) is 0. The fraction of sp³-hybridized carbons (Fsp3) is 0.750. The van der Waals surface area contributed by atoms with Crippen LogP contribution in [0.15, 0.2) is 0 Å². The van der Waals surface area contributed by atoms with Gasteiger partial charge in [-0.1, -0.05) is 18.7 Å². The third-order valence-corrected chi connectivity index (χ3v) is 1.84. The molecule has 0 aliphatic carbocycles. The van der Waals surface area contributed by atoms with Gasteiger partial charge in [-0.25, -0.2) is 0 Å². The molecule has 0 unspecified atom stereocenters. The topological polar surface area (TPSA) is 43.4 Å². The Morgan fingerprint density at radius 1 is 1.58 bits per heavy atom. The average Bonchev–Trinajstić information content (AvgIpc) is 2.09. The lowest BCUT2D eigenvalue weighted by atomic mass is 10.3. The number of carbonyl (C=O) groups is 2. The Hall–Kier alpha value is -0.510. The largest absolute Gasteiger partial charge is 0.466 e. The summed E-state index contributed by atoms with van der Waals surface area (Å²) in [6, 6.07) is 0. The first-order valence-corrected chi connectivity index (χ1v) is 5.07. The SMILES string of the molecule is CCCOC(=O)CCCSC=O. The highest BCUT2D eigenvalue weighted by atomic mass is 32.2. The predicted molar refractivity (Wildman–Crippen MR) is 49.7 cm³/mol. The van der Waals surface area contributed by atoms with Crippen LogP contribution >= 0.6 is 11.8 Å². The van der Waals surface area contributed by atoms with E-state index in [1.54, 1.807) is 0 Å². The van der Waals surface area contributed by atoms with Gasteiger partial charge in [-0.15, -0.1) is 0 Å². The van der Waals surface area contributed by atoms with Crippen LogP contribution in [0, 0.1) is 0 Å². The van der Waals surface area contributed by atoms with Crippen molar-refractivity contribution < 1.29 is 14.3 Å². The maximum Gasteiger partial charge on any atom is 0.305 e. The van der Waals surface area contributed by atoms with E-state index in [1.165, 1.54) is 11.8 Å². The van der Waals surface area contributed by atoms with Crippen molar-refractivity contribution in [3.8, 4) is 0 Å². The molecule has 0 saturated heterocycles. The third kappa shape index (κ3) is 7.60. The Bertz CT molecular complexity index is 136. The molecular formula is C8H14O3S. The van der Waals surface area contributed by atoms with E-state index in [0.29, 0.717) is 25.2 Å². The predicted octanol–water partition coefficient (Wildman–Crippen LogP) is 1.64.